The first-order valence-electron chi connectivity index (χ1n) is 7.02. The van der Waals surface area contributed by atoms with Crippen LogP contribution in [0.2, 0.25) is 0 Å². The Balaban J connectivity index is 2.24. The number of hydrogen-bond donors (Lipinski definition) is 2. The molecule has 0 atom stereocenters. The molecule has 5 nitrogen and oxygen atoms in total. The number of aliphatic hydroxyl groups excluding tert-OH is 1. The average molecular weight is 278 g/mol. The summed E-state index contributed by atoms with van der Waals surface area (Å²) >= 11 is 0. The van der Waals surface area contributed by atoms with E-state index in [0.717, 1.165) is 25.7 Å². The fourth-order valence-electron chi connectivity index (χ4n) is 2.80. The molecule has 0 aliphatic heterocycles. The van der Waals surface area contributed by atoms with Crippen LogP contribution in [0.3, 0.4) is 0 Å². The smallest absolute Gasteiger partial charge is 0.254 e. The summed E-state index contributed by atoms with van der Waals surface area (Å²) in [5.74, 6) is 0.486. The first kappa shape index (κ1) is 14.7. The summed E-state index contributed by atoms with van der Waals surface area (Å²) in [6.07, 6.45) is 4.29. The Kier molecular flexibility index (Phi) is 4.84. The Morgan fingerprint density at radius 3 is 2.70 bits per heavy atom. The van der Waals surface area contributed by atoms with Crippen LogP contribution < -0.4 is 10.5 Å². The lowest BCUT2D eigenvalue weighted by Crippen LogP contribution is -2.40. The largest absolute Gasteiger partial charge is 0.497 e. The quantitative estimate of drug-likeness (QED) is 0.803. The van der Waals surface area contributed by atoms with Gasteiger partial charge < -0.3 is 20.5 Å². The van der Waals surface area contributed by atoms with E-state index >= 15 is 0 Å². The maximum atomic E-state index is 12.6. The molecule has 0 heterocycles. The lowest BCUT2D eigenvalue weighted by molar-refractivity contribution is 0.0637. The van der Waals surface area contributed by atoms with Gasteiger partial charge in [-0.2, -0.15) is 0 Å². The molecular formula is C15H22N2O3. The third-order valence-corrected chi connectivity index (χ3v) is 3.78. The molecular weight excluding hydrogens is 256 g/mol. The molecule has 0 spiro atoms. The zero-order valence-electron chi connectivity index (χ0n) is 11.8. The van der Waals surface area contributed by atoms with Crippen molar-refractivity contribution in [3.63, 3.8) is 0 Å². The molecule has 1 amide bonds. The van der Waals surface area contributed by atoms with E-state index < -0.39 is 0 Å². The Morgan fingerprint density at radius 2 is 2.10 bits per heavy atom. The highest BCUT2D eigenvalue weighted by Gasteiger charge is 2.27. The van der Waals surface area contributed by atoms with Gasteiger partial charge in [-0.15, -0.1) is 0 Å². The minimum atomic E-state index is -0.0865. The van der Waals surface area contributed by atoms with Crippen LogP contribution in [0, 0.1) is 0 Å². The Hall–Kier alpha value is -1.75. The molecule has 0 saturated heterocycles. The van der Waals surface area contributed by atoms with Crippen LogP contribution in [0.1, 0.15) is 36.0 Å². The van der Waals surface area contributed by atoms with Crippen LogP contribution >= 0.6 is 0 Å². The van der Waals surface area contributed by atoms with Crippen molar-refractivity contribution in [2.45, 2.75) is 31.7 Å². The van der Waals surface area contributed by atoms with Crippen LogP contribution in [0.4, 0.5) is 5.69 Å². The first-order valence-corrected chi connectivity index (χ1v) is 7.02. The standard InChI is InChI=1S/C15H22N2O3/c1-20-14-9-11(8-12(16)10-14)15(19)17(6-7-18)13-4-2-3-5-13/h8-10,13,18H,2-7,16H2,1H3. The number of ether oxygens (including phenoxy) is 1. The number of benzene rings is 1. The average Bonchev–Trinajstić information content (AvgIpc) is 2.97. The van der Waals surface area contributed by atoms with Gasteiger partial charge in [0.1, 0.15) is 5.75 Å². The van der Waals surface area contributed by atoms with E-state index in [9.17, 15) is 9.90 Å². The van der Waals surface area contributed by atoms with Gasteiger partial charge in [-0.25, -0.2) is 0 Å². The fraction of sp³-hybridized carbons (Fsp3) is 0.533. The van der Waals surface area contributed by atoms with Crippen LogP contribution in [-0.4, -0.2) is 42.2 Å². The van der Waals surface area contributed by atoms with Crippen molar-refractivity contribution < 1.29 is 14.6 Å². The summed E-state index contributed by atoms with van der Waals surface area (Å²) in [4.78, 5) is 14.4. The van der Waals surface area contributed by atoms with Crippen molar-refractivity contribution in [1.29, 1.82) is 0 Å². The predicted molar refractivity (Wildman–Crippen MR) is 77.8 cm³/mol. The van der Waals surface area contributed by atoms with Gasteiger partial charge >= 0.3 is 0 Å². The van der Waals surface area contributed by atoms with E-state index in [-0.39, 0.29) is 18.6 Å². The van der Waals surface area contributed by atoms with Crippen molar-refractivity contribution in [3.8, 4) is 5.75 Å². The molecule has 1 aromatic carbocycles. The third kappa shape index (κ3) is 3.22. The number of nitrogens with two attached hydrogens (primary N) is 1. The molecule has 1 aliphatic rings. The molecule has 2 rings (SSSR count). The van der Waals surface area contributed by atoms with Gasteiger partial charge in [0.2, 0.25) is 0 Å². The molecule has 0 unspecified atom stereocenters. The summed E-state index contributed by atoms with van der Waals surface area (Å²) in [6.45, 7) is 0.336. The van der Waals surface area contributed by atoms with Crippen LogP contribution in [0.5, 0.6) is 5.75 Å². The van der Waals surface area contributed by atoms with Crippen LogP contribution in [0.25, 0.3) is 0 Å². The SMILES string of the molecule is COc1cc(N)cc(C(=O)N(CCO)C2CCCC2)c1. The first-order chi connectivity index (χ1) is 9.65. The molecule has 1 fully saturated rings. The van der Waals surface area contributed by atoms with Gasteiger partial charge in [0.05, 0.1) is 13.7 Å². The molecule has 20 heavy (non-hydrogen) atoms. The highest BCUT2D eigenvalue weighted by molar-refractivity contribution is 5.95. The van der Waals surface area contributed by atoms with E-state index in [1.807, 2.05) is 0 Å². The second kappa shape index (κ2) is 6.61. The molecule has 3 N–H and O–H groups in total. The monoisotopic (exact) mass is 278 g/mol. The summed E-state index contributed by atoms with van der Waals surface area (Å²) < 4.78 is 5.15. The Labute approximate surface area is 119 Å². The Morgan fingerprint density at radius 1 is 1.40 bits per heavy atom. The third-order valence-electron chi connectivity index (χ3n) is 3.78. The van der Waals surface area contributed by atoms with E-state index in [1.54, 1.807) is 30.2 Å². The van der Waals surface area contributed by atoms with E-state index in [2.05, 4.69) is 0 Å². The van der Waals surface area contributed by atoms with Crippen LogP contribution in [-0.2, 0) is 0 Å². The number of hydrogen-bond acceptors (Lipinski definition) is 4. The van der Waals surface area contributed by atoms with Crippen molar-refractivity contribution in [2.24, 2.45) is 0 Å². The normalized spacial score (nSPS) is 15.3. The van der Waals surface area contributed by atoms with Crippen molar-refractivity contribution >= 4 is 11.6 Å². The number of aliphatic hydroxyl groups is 1. The molecule has 0 bridgehead atoms. The number of nitrogens with zero attached hydrogens (tertiary/aromatic N) is 1. The molecule has 110 valence electrons. The van der Waals surface area contributed by atoms with Gasteiger partial charge in [-0.3, -0.25) is 4.79 Å². The zero-order chi connectivity index (χ0) is 14.5. The maximum Gasteiger partial charge on any atom is 0.254 e. The maximum absolute atomic E-state index is 12.6. The number of nitrogen functional groups attached to an aromatic ring is 1. The molecule has 1 aromatic rings. The van der Waals surface area contributed by atoms with E-state index in [0.29, 0.717) is 23.5 Å². The molecule has 1 saturated carbocycles. The summed E-state index contributed by atoms with van der Waals surface area (Å²) in [6, 6.07) is 5.26. The highest BCUT2D eigenvalue weighted by atomic mass is 16.5. The Bertz CT molecular complexity index is 470. The number of amides is 1. The van der Waals surface area contributed by atoms with Gasteiger partial charge in [0.15, 0.2) is 0 Å². The number of rotatable bonds is 5. The second-order valence-corrected chi connectivity index (χ2v) is 5.16. The summed E-state index contributed by atoms with van der Waals surface area (Å²) in [7, 11) is 1.55. The minimum Gasteiger partial charge on any atom is -0.497 e. The number of methoxy groups -OCH3 is 1. The van der Waals surface area contributed by atoms with Crippen molar-refractivity contribution in [3.05, 3.63) is 23.8 Å². The molecule has 5 heteroatoms. The van der Waals surface area contributed by atoms with Crippen LogP contribution in [0.15, 0.2) is 18.2 Å². The summed E-state index contributed by atoms with van der Waals surface area (Å²) in [5, 5.41) is 9.20. The van der Waals surface area contributed by atoms with Gasteiger partial charge in [0, 0.05) is 29.9 Å². The summed E-state index contributed by atoms with van der Waals surface area (Å²) in [5.41, 5.74) is 6.82. The lowest BCUT2D eigenvalue weighted by atomic mass is 10.1. The van der Waals surface area contributed by atoms with Crippen molar-refractivity contribution in [2.75, 3.05) is 26.0 Å². The molecule has 0 aromatic heterocycles. The van der Waals surface area contributed by atoms with Gasteiger partial charge in [-0.1, -0.05) is 12.8 Å². The number of carbonyl (C=O) groups is 1. The minimum absolute atomic E-state index is 0.0261. The number of anilines is 1. The highest BCUT2D eigenvalue weighted by Crippen LogP contribution is 2.26. The van der Waals surface area contributed by atoms with Gasteiger partial charge in [-0.05, 0) is 25.0 Å². The number of carbonyl (C=O) groups excluding carboxylic acids is 1. The topological polar surface area (TPSA) is 75.8 Å². The fourth-order valence-corrected chi connectivity index (χ4v) is 2.80. The second-order valence-electron chi connectivity index (χ2n) is 5.16. The predicted octanol–water partition coefficient (Wildman–Crippen LogP) is 1.65. The molecule has 1 aliphatic carbocycles. The molecule has 0 radical (unpaired) electrons. The zero-order valence-corrected chi connectivity index (χ0v) is 11.8. The van der Waals surface area contributed by atoms with E-state index in [1.165, 1.54) is 0 Å². The lowest BCUT2D eigenvalue weighted by Gasteiger charge is -2.28. The van der Waals surface area contributed by atoms with Crippen molar-refractivity contribution in [1.82, 2.24) is 4.90 Å². The van der Waals surface area contributed by atoms with E-state index in [4.69, 9.17) is 10.5 Å². The van der Waals surface area contributed by atoms with Gasteiger partial charge in [0.25, 0.3) is 5.91 Å².